The third kappa shape index (κ3) is 0.990. The van der Waals surface area contributed by atoms with E-state index in [-0.39, 0.29) is 0 Å². The van der Waals surface area contributed by atoms with Crippen LogP contribution in [0.15, 0.2) is 0 Å². The number of nitrogens with zero attached hydrogens (tertiary/aromatic N) is 2. The van der Waals surface area contributed by atoms with Gasteiger partial charge in [-0.2, -0.15) is 0 Å². The number of alkyl halides is 1. The maximum atomic E-state index is 2.75. The van der Waals surface area contributed by atoms with Gasteiger partial charge < -0.3 is 0 Å². The first-order chi connectivity index (χ1) is 6.54. The van der Waals surface area contributed by atoms with Gasteiger partial charge in [0.15, 0.2) is 0 Å². The predicted molar refractivity (Wildman–Crippen MR) is 67.0 cm³/mol. The summed E-state index contributed by atoms with van der Waals surface area (Å²) in [5.74, 6) is 0. The lowest BCUT2D eigenvalue weighted by Gasteiger charge is -2.55. The van der Waals surface area contributed by atoms with E-state index in [0.717, 1.165) is 24.2 Å². The Bertz CT molecular complexity index is 268. The molecule has 3 fully saturated rings. The first-order valence-electron chi connectivity index (χ1n) is 5.70. The van der Waals surface area contributed by atoms with Crippen LogP contribution < -0.4 is 0 Å². The van der Waals surface area contributed by atoms with Crippen LogP contribution in [0.3, 0.4) is 0 Å². The van der Waals surface area contributed by atoms with Gasteiger partial charge in [0.05, 0.1) is 3.42 Å². The highest BCUT2D eigenvalue weighted by Gasteiger charge is 2.66. The van der Waals surface area contributed by atoms with Crippen molar-refractivity contribution in [3.8, 4) is 0 Å². The van der Waals surface area contributed by atoms with Gasteiger partial charge in [-0.15, -0.1) is 0 Å². The minimum Gasteiger partial charge on any atom is -0.298 e. The van der Waals surface area contributed by atoms with Crippen LogP contribution in [-0.2, 0) is 0 Å². The average molecular weight is 306 g/mol. The summed E-state index contributed by atoms with van der Waals surface area (Å²) in [6.45, 7) is 6.00. The Balaban J connectivity index is 1.93. The molecular weight excluding hydrogens is 287 g/mol. The molecule has 14 heavy (non-hydrogen) atoms. The molecular formula is C11H19IN2. The van der Waals surface area contributed by atoms with Gasteiger partial charge in [0, 0.05) is 30.7 Å². The lowest BCUT2D eigenvalue weighted by atomic mass is 9.71. The molecule has 0 aromatic heterocycles. The first kappa shape index (κ1) is 9.85. The second-order valence-corrected chi connectivity index (χ2v) is 7.52. The molecule has 0 N–H and O–H groups in total. The number of likely N-dealkylation sites (N-methyl/N-ethyl adjacent to an activating group) is 1. The SMILES string of the molecule is CC(C)N1CC2CC3(I)C(CC13)N2C. The summed E-state index contributed by atoms with van der Waals surface area (Å²) in [5, 5.41) is 0. The highest BCUT2D eigenvalue weighted by Crippen LogP contribution is 2.58. The largest absolute Gasteiger partial charge is 0.298 e. The molecule has 1 saturated carbocycles. The predicted octanol–water partition coefficient (Wildman–Crippen LogP) is 1.73. The Labute approximate surface area is 100 Å². The molecule has 80 valence electrons. The smallest absolute Gasteiger partial charge is 0.0548 e. The molecule has 0 radical (unpaired) electrons. The van der Waals surface area contributed by atoms with Crippen molar-refractivity contribution in [2.45, 2.75) is 54.3 Å². The van der Waals surface area contributed by atoms with Crippen LogP contribution in [0.4, 0.5) is 0 Å². The topological polar surface area (TPSA) is 6.48 Å². The molecule has 2 saturated heterocycles. The summed E-state index contributed by atoms with van der Waals surface area (Å²) in [6, 6.07) is 3.30. The Hall–Kier alpha value is 0.650. The minimum absolute atomic E-state index is 0.597. The van der Waals surface area contributed by atoms with E-state index in [0.29, 0.717) is 3.42 Å². The van der Waals surface area contributed by atoms with E-state index >= 15 is 0 Å². The Morgan fingerprint density at radius 1 is 1.36 bits per heavy atom. The van der Waals surface area contributed by atoms with Gasteiger partial charge in [0.2, 0.25) is 0 Å². The maximum Gasteiger partial charge on any atom is 0.0548 e. The van der Waals surface area contributed by atoms with Crippen molar-refractivity contribution in [3.05, 3.63) is 0 Å². The van der Waals surface area contributed by atoms with E-state index in [1.54, 1.807) is 0 Å². The van der Waals surface area contributed by atoms with Crippen molar-refractivity contribution >= 4 is 22.6 Å². The number of rotatable bonds is 1. The van der Waals surface area contributed by atoms with Crippen LogP contribution in [0.2, 0.25) is 0 Å². The summed E-state index contributed by atoms with van der Waals surface area (Å²) in [7, 11) is 2.33. The third-order valence-corrected chi connectivity index (χ3v) is 6.53. The molecule has 0 aromatic rings. The molecule has 0 amide bonds. The zero-order valence-electron chi connectivity index (χ0n) is 9.20. The number of hydrogen-bond donors (Lipinski definition) is 0. The molecule has 4 atom stereocenters. The zero-order chi connectivity index (χ0) is 10.1. The Kier molecular flexibility index (Phi) is 2.01. The lowest BCUT2D eigenvalue weighted by Crippen LogP contribution is -2.67. The zero-order valence-corrected chi connectivity index (χ0v) is 11.4. The van der Waals surface area contributed by atoms with Crippen LogP contribution in [0.25, 0.3) is 0 Å². The van der Waals surface area contributed by atoms with Crippen molar-refractivity contribution in [3.63, 3.8) is 0 Å². The highest BCUT2D eigenvalue weighted by molar-refractivity contribution is 14.1. The molecule has 2 aliphatic heterocycles. The molecule has 2 nitrogen and oxygen atoms in total. The second-order valence-electron chi connectivity index (χ2n) is 5.51. The summed E-state index contributed by atoms with van der Waals surface area (Å²) in [6.07, 6.45) is 2.84. The summed E-state index contributed by atoms with van der Waals surface area (Å²) in [4.78, 5) is 5.38. The normalized spacial score (nSPS) is 52.5. The molecule has 3 aliphatic rings. The fraction of sp³-hybridized carbons (Fsp3) is 1.00. The van der Waals surface area contributed by atoms with E-state index in [4.69, 9.17) is 0 Å². The third-order valence-electron chi connectivity index (χ3n) is 4.66. The number of piperidine rings is 1. The molecule has 3 heteroatoms. The molecule has 0 aromatic carbocycles. The minimum atomic E-state index is 0.597. The second kappa shape index (κ2) is 2.86. The van der Waals surface area contributed by atoms with E-state index in [1.807, 2.05) is 0 Å². The van der Waals surface area contributed by atoms with Gasteiger partial charge in [0.1, 0.15) is 0 Å². The molecule has 1 aliphatic carbocycles. The van der Waals surface area contributed by atoms with Crippen molar-refractivity contribution in [2.75, 3.05) is 13.6 Å². The molecule has 2 heterocycles. The highest BCUT2D eigenvalue weighted by atomic mass is 127. The van der Waals surface area contributed by atoms with Crippen LogP contribution >= 0.6 is 22.6 Å². The summed E-state index contributed by atoms with van der Waals surface area (Å²) < 4.78 is 0.597. The number of likely N-dealkylation sites (tertiary alicyclic amines) is 2. The summed E-state index contributed by atoms with van der Waals surface area (Å²) in [5.41, 5.74) is 0. The van der Waals surface area contributed by atoms with Crippen molar-refractivity contribution < 1.29 is 0 Å². The average Bonchev–Trinajstić information content (AvgIpc) is 2.26. The lowest BCUT2D eigenvalue weighted by molar-refractivity contribution is 0.0445. The molecule has 2 bridgehead atoms. The van der Waals surface area contributed by atoms with Crippen LogP contribution in [0, 0.1) is 0 Å². The standard InChI is InChI=1S/C11H19IN2/c1-7(2)14-6-8-5-11(12)9(13(8)3)4-10(11)14/h7-10H,4-6H2,1-3H3. The fourth-order valence-electron chi connectivity index (χ4n) is 3.75. The quantitative estimate of drug-likeness (QED) is 0.538. The maximum absolute atomic E-state index is 2.75. The van der Waals surface area contributed by atoms with Gasteiger partial charge in [-0.05, 0) is 33.7 Å². The molecule has 4 unspecified atom stereocenters. The molecule has 0 spiro atoms. The van der Waals surface area contributed by atoms with E-state index < -0.39 is 0 Å². The number of halogens is 1. The van der Waals surface area contributed by atoms with Crippen molar-refractivity contribution in [2.24, 2.45) is 0 Å². The van der Waals surface area contributed by atoms with Crippen LogP contribution in [0.5, 0.6) is 0 Å². The van der Waals surface area contributed by atoms with Crippen molar-refractivity contribution in [1.82, 2.24) is 9.80 Å². The monoisotopic (exact) mass is 306 g/mol. The van der Waals surface area contributed by atoms with Crippen molar-refractivity contribution in [1.29, 1.82) is 0 Å². The van der Waals surface area contributed by atoms with E-state index in [1.165, 1.54) is 19.4 Å². The fourth-order valence-corrected chi connectivity index (χ4v) is 5.56. The van der Waals surface area contributed by atoms with Crippen LogP contribution in [-0.4, -0.2) is 51.0 Å². The first-order valence-corrected chi connectivity index (χ1v) is 6.78. The van der Waals surface area contributed by atoms with Gasteiger partial charge in [0.25, 0.3) is 0 Å². The van der Waals surface area contributed by atoms with Gasteiger partial charge in [-0.3, -0.25) is 9.80 Å². The number of fused-ring (bicyclic) bond motifs is 1. The van der Waals surface area contributed by atoms with E-state index in [2.05, 4.69) is 53.3 Å². The van der Waals surface area contributed by atoms with Gasteiger partial charge in [-0.1, -0.05) is 22.6 Å². The Morgan fingerprint density at radius 2 is 2.07 bits per heavy atom. The van der Waals surface area contributed by atoms with E-state index in [9.17, 15) is 0 Å². The molecule has 3 rings (SSSR count). The number of hydrogen-bond acceptors (Lipinski definition) is 2. The van der Waals surface area contributed by atoms with Gasteiger partial charge in [-0.25, -0.2) is 0 Å². The Morgan fingerprint density at radius 3 is 2.71 bits per heavy atom. The van der Waals surface area contributed by atoms with Crippen LogP contribution in [0.1, 0.15) is 26.7 Å². The summed E-state index contributed by atoms with van der Waals surface area (Å²) >= 11 is 2.75. The van der Waals surface area contributed by atoms with Gasteiger partial charge >= 0.3 is 0 Å².